The third-order valence-corrected chi connectivity index (χ3v) is 5.00. The lowest BCUT2D eigenvalue weighted by atomic mass is 10.0. The molecule has 0 radical (unpaired) electrons. The molecule has 1 aromatic heterocycles. The molecule has 0 aliphatic carbocycles. The Morgan fingerprint density at radius 3 is 2.79 bits per heavy atom. The van der Waals surface area contributed by atoms with Gasteiger partial charge in [0.05, 0.1) is 12.8 Å². The number of phenolic OH excluding ortho intramolecular Hbond substituents is 1. The maximum atomic E-state index is 10.0. The Labute approximate surface area is 166 Å². The maximum Gasteiger partial charge on any atom is 0.191 e. The molecule has 150 valence electrons. The number of nitrogens with zero attached hydrogens (tertiary/aromatic N) is 3. The van der Waals surface area contributed by atoms with Crippen molar-refractivity contribution in [2.45, 2.75) is 32.0 Å². The fourth-order valence-corrected chi connectivity index (χ4v) is 3.35. The third kappa shape index (κ3) is 5.60. The minimum atomic E-state index is 0.242. The Morgan fingerprint density at radius 2 is 2.11 bits per heavy atom. The number of likely N-dealkylation sites (tertiary alicyclic amines) is 1. The maximum absolute atomic E-state index is 10.0. The molecule has 1 saturated heterocycles. The first-order chi connectivity index (χ1) is 13.7. The minimum absolute atomic E-state index is 0.242. The number of pyridine rings is 1. The van der Waals surface area contributed by atoms with Crippen molar-refractivity contribution < 1.29 is 9.84 Å². The summed E-state index contributed by atoms with van der Waals surface area (Å²) in [6.07, 6.45) is 3.95. The van der Waals surface area contributed by atoms with Gasteiger partial charge in [-0.15, -0.1) is 0 Å². The molecule has 1 fully saturated rings. The van der Waals surface area contributed by atoms with E-state index >= 15 is 0 Å². The van der Waals surface area contributed by atoms with Gasteiger partial charge in [0, 0.05) is 51.0 Å². The topological polar surface area (TPSA) is 82.0 Å². The van der Waals surface area contributed by atoms with Crippen molar-refractivity contribution in [1.82, 2.24) is 20.5 Å². The fourth-order valence-electron chi connectivity index (χ4n) is 3.35. The van der Waals surface area contributed by atoms with Crippen molar-refractivity contribution in [2.24, 2.45) is 4.99 Å². The second-order valence-electron chi connectivity index (χ2n) is 6.94. The van der Waals surface area contributed by atoms with Crippen LogP contribution < -0.4 is 15.4 Å². The van der Waals surface area contributed by atoms with Gasteiger partial charge >= 0.3 is 0 Å². The average molecular weight is 383 g/mol. The standard InChI is InChI=1S/C21H29N5O2/c1-22-21(24-14-16-13-19(28-2)6-7-20(16)27)25-17-8-11-26(12-9-17)15-18-5-3-4-10-23-18/h3-7,10,13,17,27H,8-9,11-12,14-15H2,1-2H3,(H2,22,24,25). The molecule has 0 saturated carbocycles. The molecule has 0 bridgehead atoms. The number of aromatic hydroxyl groups is 1. The number of guanidine groups is 1. The van der Waals surface area contributed by atoms with E-state index < -0.39 is 0 Å². The van der Waals surface area contributed by atoms with Gasteiger partial charge in [-0.2, -0.15) is 0 Å². The molecule has 1 aliphatic heterocycles. The molecule has 7 nitrogen and oxygen atoms in total. The minimum Gasteiger partial charge on any atom is -0.508 e. The highest BCUT2D eigenvalue weighted by molar-refractivity contribution is 5.80. The highest BCUT2D eigenvalue weighted by atomic mass is 16.5. The smallest absolute Gasteiger partial charge is 0.191 e. The second-order valence-corrected chi connectivity index (χ2v) is 6.94. The molecule has 7 heteroatoms. The number of benzene rings is 1. The predicted octanol–water partition coefficient (Wildman–Crippen LogP) is 2.13. The van der Waals surface area contributed by atoms with Crippen molar-refractivity contribution in [1.29, 1.82) is 0 Å². The van der Waals surface area contributed by atoms with Crippen molar-refractivity contribution >= 4 is 5.96 Å². The molecular weight excluding hydrogens is 354 g/mol. The molecule has 0 atom stereocenters. The van der Waals surface area contributed by atoms with Crippen LogP contribution in [-0.2, 0) is 13.1 Å². The lowest BCUT2D eigenvalue weighted by Gasteiger charge is -2.32. The number of piperidine rings is 1. The largest absolute Gasteiger partial charge is 0.508 e. The number of nitrogens with one attached hydrogen (secondary N) is 2. The van der Waals surface area contributed by atoms with Crippen molar-refractivity contribution in [3.05, 3.63) is 53.9 Å². The molecule has 2 aromatic rings. The van der Waals surface area contributed by atoms with Gasteiger partial charge in [0.15, 0.2) is 5.96 Å². The molecule has 28 heavy (non-hydrogen) atoms. The molecule has 3 rings (SSSR count). The van der Waals surface area contributed by atoms with Crippen LogP contribution in [-0.4, -0.2) is 54.2 Å². The Balaban J connectivity index is 1.45. The van der Waals surface area contributed by atoms with Gasteiger partial charge < -0.3 is 20.5 Å². The number of aliphatic imine (C=N–C) groups is 1. The molecule has 0 unspecified atom stereocenters. The summed E-state index contributed by atoms with van der Waals surface area (Å²) in [5.74, 6) is 1.70. The first-order valence-electron chi connectivity index (χ1n) is 9.63. The number of hydrogen-bond donors (Lipinski definition) is 3. The quantitative estimate of drug-likeness (QED) is 0.524. The van der Waals surface area contributed by atoms with E-state index in [1.165, 1.54) is 0 Å². The number of aromatic nitrogens is 1. The summed E-state index contributed by atoms with van der Waals surface area (Å²) in [5, 5.41) is 16.8. The van der Waals surface area contributed by atoms with Crippen LogP contribution in [0.1, 0.15) is 24.1 Å². The van der Waals surface area contributed by atoms with Gasteiger partial charge in [-0.05, 0) is 43.2 Å². The third-order valence-electron chi connectivity index (χ3n) is 5.00. The zero-order valence-corrected chi connectivity index (χ0v) is 16.6. The summed E-state index contributed by atoms with van der Waals surface area (Å²) in [4.78, 5) is 11.2. The number of hydrogen-bond acceptors (Lipinski definition) is 5. The van der Waals surface area contributed by atoms with E-state index in [2.05, 4.69) is 31.6 Å². The normalized spacial score (nSPS) is 16.0. The SMILES string of the molecule is CN=C(NCc1cc(OC)ccc1O)NC1CCN(Cc2ccccn2)CC1. The van der Waals surface area contributed by atoms with E-state index in [0.29, 0.717) is 12.6 Å². The van der Waals surface area contributed by atoms with Gasteiger partial charge in [-0.3, -0.25) is 14.9 Å². The van der Waals surface area contributed by atoms with Crippen molar-refractivity contribution in [3.63, 3.8) is 0 Å². The molecule has 0 spiro atoms. The van der Waals surface area contributed by atoms with Gasteiger partial charge in [0.25, 0.3) is 0 Å². The number of methoxy groups -OCH3 is 1. The number of rotatable bonds is 6. The van der Waals surface area contributed by atoms with Crippen LogP contribution in [0.3, 0.4) is 0 Å². The number of phenols is 1. The van der Waals surface area contributed by atoms with Crippen LogP contribution in [0.15, 0.2) is 47.6 Å². The summed E-state index contributed by atoms with van der Waals surface area (Å²) in [6.45, 7) is 3.43. The average Bonchev–Trinajstić information content (AvgIpc) is 2.74. The van der Waals surface area contributed by atoms with E-state index in [4.69, 9.17) is 4.74 Å². The summed E-state index contributed by atoms with van der Waals surface area (Å²) in [6, 6.07) is 11.6. The van der Waals surface area contributed by atoms with Gasteiger partial charge in [-0.1, -0.05) is 6.07 Å². The lowest BCUT2D eigenvalue weighted by Crippen LogP contribution is -2.48. The fraction of sp³-hybridized carbons (Fsp3) is 0.429. The molecule has 3 N–H and O–H groups in total. The summed E-state index contributed by atoms with van der Waals surface area (Å²) in [5.41, 5.74) is 1.89. The van der Waals surface area contributed by atoms with Crippen LogP contribution >= 0.6 is 0 Å². The van der Waals surface area contributed by atoms with E-state index in [1.54, 1.807) is 26.3 Å². The Hall–Kier alpha value is -2.80. The summed E-state index contributed by atoms with van der Waals surface area (Å²) < 4.78 is 5.22. The lowest BCUT2D eigenvalue weighted by molar-refractivity contribution is 0.196. The van der Waals surface area contributed by atoms with Gasteiger partial charge in [0.1, 0.15) is 11.5 Å². The van der Waals surface area contributed by atoms with E-state index in [0.717, 1.165) is 55.4 Å². The van der Waals surface area contributed by atoms with Crippen LogP contribution in [0, 0.1) is 0 Å². The van der Waals surface area contributed by atoms with Crippen LogP contribution in [0.25, 0.3) is 0 Å². The predicted molar refractivity (Wildman–Crippen MR) is 111 cm³/mol. The Kier molecular flexibility index (Phi) is 7.08. The molecule has 1 aliphatic rings. The zero-order valence-electron chi connectivity index (χ0n) is 16.6. The van der Waals surface area contributed by atoms with E-state index in [1.807, 2.05) is 24.4 Å². The van der Waals surface area contributed by atoms with Gasteiger partial charge in [0.2, 0.25) is 0 Å². The first-order valence-corrected chi connectivity index (χ1v) is 9.63. The first kappa shape index (κ1) is 19.9. The highest BCUT2D eigenvalue weighted by Gasteiger charge is 2.20. The van der Waals surface area contributed by atoms with Crippen molar-refractivity contribution in [2.75, 3.05) is 27.2 Å². The van der Waals surface area contributed by atoms with E-state index in [9.17, 15) is 5.11 Å². The Bertz CT molecular complexity index is 774. The van der Waals surface area contributed by atoms with Crippen molar-refractivity contribution in [3.8, 4) is 11.5 Å². The number of ether oxygens (including phenoxy) is 1. The van der Waals surface area contributed by atoms with Gasteiger partial charge in [-0.25, -0.2) is 0 Å². The van der Waals surface area contributed by atoms with E-state index in [-0.39, 0.29) is 5.75 Å². The van der Waals surface area contributed by atoms with Crippen LogP contribution in [0.2, 0.25) is 0 Å². The molecule has 1 aromatic carbocycles. The zero-order chi connectivity index (χ0) is 19.8. The molecular formula is C21H29N5O2. The van der Waals surface area contributed by atoms with Crippen LogP contribution in [0.4, 0.5) is 0 Å². The molecule has 2 heterocycles. The monoisotopic (exact) mass is 383 g/mol. The summed E-state index contributed by atoms with van der Waals surface area (Å²) in [7, 11) is 3.38. The second kappa shape index (κ2) is 9.94. The highest BCUT2D eigenvalue weighted by Crippen LogP contribution is 2.22. The molecule has 0 amide bonds. The Morgan fingerprint density at radius 1 is 1.29 bits per heavy atom. The summed E-state index contributed by atoms with van der Waals surface area (Å²) >= 11 is 0. The van der Waals surface area contributed by atoms with Crippen LogP contribution in [0.5, 0.6) is 11.5 Å².